The molecule has 2 amide bonds. The van der Waals surface area contributed by atoms with Crippen molar-refractivity contribution in [1.29, 1.82) is 0 Å². The fourth-order valence-corrected chi connectivity index (χ4v) is 5.40. The van der Waals surface area contributed by atoms with Crippen molar-refractivity contribution in [3.8, 4) is 0 Å². The molecular weight excluding hydrogens is 598 g/mol. The molecule has 35 heavy (non-hydrogen) atoms. The van der Waals surface area contributed by atoms with Gasteiger partial charge in [-0.2, -0.15) is 0 Å². The van der Waals surface area contributed by atoms with E-state index >= 15 is 0 Å². The van der Waals surface area contributed by atoms with Crippen LogP contribution in [-0.2, 0) is 26.2 Å². The summed E-state index contributed by atoms with van der Waals surface area (Å²) in [5.74, 6) is -0.858. The molecule has 3 aromatic carbocycles. The molecule has 10 heteroatoms. The second-order valence-corrected chi connectivity index (χ2v) is 11.4. The molecule has 3 rings (SSSR count). The van der Waals surface area contributed by atoms with Gasteiger partial charge in [0.05, 0.1) is 10.6 Å². The highest BCUT2D eigenvalue weighted by Crippen LogP contribution is 2.26. The zero-order valence-electron chi connectivity index (χ0n) is 19.2. The van der Waals surface area contributed by atoms with Crippen LogP contribution in [0.5, 0.6) is 0 Å². The number of rotatable bonds is 9. The molecule has 0 heterocycles. The molecule has 3 aromatic rings. The van der Waals surface area contributed by atoms with Crippen LogP contribution in [0.25, 0.3) is 0 Å². The molecular formula is C25H25Br2N3O4S. The largest absolute Gasteiger partial charge is 0.357 e. The summed E-state index contributed by atoms with van der Waals surface area (Å²) in [6.45, 7) is 1.28. The van der Waals surface area contributed by atoms with Gasteiger partial charge in [0, 0.05) is 22.5 Å². The van der Waals surface area contributed by atoms with Crippen LogP contribution in [0.3, 0.4) is 0 Å². The van der Waals surface area contributed by atoms with E-state index in [1.54, 1.807) is 49.4 Å². The molecule has 0 saturated heterocycles. The summed E-state index contributed by atoms with van der Waals surface area (Å²) in [5.41, 5.74) is 1.14. The molecule has 7 nitrogen and oxygen atoms in total. The van der Waals surface area contributed by atoms with Crippen LogP contribution in [0.4, 0.5) is 5.69 Å². The summed E-state index contributed by atoms with van der Waals surface area (Å²) in [6, 6.07) is 21.2. The maximum Gasteiger partial charge on any atom is 0.264 e. The van der Waals surface area contributed by atoms with Gasteiger partial charge in [0.15, 0.2) is 0 Å². The van der Waals surface area contributed by atoms with Gasteiger partial charge < -0.3 is 10.2 Å². The van der Waals surface area contributed by atoms with Crippen LogP contribution < -0.4 is 9.62 Å². The minimum atomic E-state index is -4.06. The first-order valence-corrected chi connectivity index (χ1v) is 13.7. The number of amides is 2. The highest BCUT2D eigenvalue weighted by Gasteiger charge is 2.32. The Kier molecular flexibility index (Phi) is 9.09. The van der Waals surface area contributed by atoms with Crippen molar-refractivity contribution >= 4 is 59.4 Å². The van der Waals surface area contributed by atoms with Gasteiger partial charge in [0.25, 0.3) is 10.0 Å². The average Bonchev–Trinajstić information content (AvgIpc) is 2.87. The molecule has 0 bridgehead atoms. The molecule has 0 fully saturated rings. The van der Waals surface area contributed by atoms with Crippen molar-refractivity contribution in [2.45, 2.75) is 24.4 Å². The number of benzene rings is 3. The number of nitrogens with zero attached hydrogens (tertiary/aromatic N) is 2. The Morgan fingerprint density at radius 2 is 1.43 bits per heavy atom. The third kappa shape index (κ3) is 6.71. The number of anilines is 1. The normalized spacial score (nSPS) is 12.0. The number of carbonyl (C=O) groups is 2. The summed E-state index contributed by atoms with van der Waals surface area (Å²) in [4.78, 5) is 27.5. The van der Waals surface area contributed by atoms with E-state index in [0.29, 0.717) is 5.69 Å². The van der Waals surface area contributed by atoms with Gasteiger partial charge in [0.1, 0.15) is 12.6 Å². The van der Waals surface area contributed by atoms with Crippen molar-refractivity contribution < 1.29 is 18.0 Å². The molecule has 184 valence electrons. The molecule has 0 aliphatic heterocycles. The van der Waals surface area contributed by atoms with Crippen molar-refractivity contribution in [2.75, 3.05) is 17.9 Å². The van der Waals surface area contributed by atoms with Crippen molar-refractivity contribution in [1.82, 2.24) is 10.2 Å². The number of hydrogen-bond donors (Lipinski definition) is 1. The van der Waals surface area contributed by atoms with Crippen LogP contribution in [0, 0.1) is 0 Å². The number of nitrogens with one attached hydrogen (secondary N) is 1. The first-order chi connectivity index (χ1) is 16.6. The van der Waals surface area contributed by atoms with Crippen molar-refractivity contribution in [3.63, 3.8) is 0 Å². The molecule has 0 aliphatic rings. The second-order valence-electron chi connectivity index (χ2n) is 7.74. The summed E-state index contributed by atoms with van der Waals surface area (Å²) in [7, 11) is -2.57. The standard InChI is InChI=1S/C25H25Br2N3O4S/c1-18(25(32)28-2)29(16-19-8-10-20(26)11-9-19)24(31)17-30(22-14-12-21(27)13-15-22)35(33,34)23-6-4-3-5-7-23/h3-15,18H,16-17H2,1-2H3,(H,28,32)/t18-/m0/s1. The average molecular weight is 623 g/mol. The lowest BCUT2D eigenvalue weighted by molar-refractivity contribution is -0.139. The molecule has 0 aliphatic carbocycles. The fourth-order valence-electron chi connectivity index (χ4n) is 3.43. The van der Waals surface area contributed by atoms with Crippen molar-refractivity contribution in [2.24, 2.45) is 0 Å². The van der Waals surface area contributed by atoms with Gasteiger partial charge in [-0.25, -0.2) is 8.42 Å². The number of sulfonamides is 1. The van der Waals surface area contributed by atoms with E-state index in [0.717, 1.165) is 18.8 Å². The fraction of sp³-hybridized carbons (Fsp3) is 0.200. The zero-order valence-corrected chi connectivity index (χ0v) is 23.2. The van der Waals surface area contributed by atoms with E-state index < -0.39 is 28.5 Å². The summed E-state index contributed by atoms with van der Waals surface area (Å²) in [6.07, 6.45) is 0. The SMILES string of the molecule is CNC(=O)[C@H](C)N(Cc1ccc(Br)cc1)C(=O)CN(c1ccc(Br)cc1)S(=O)(=O)c1ccccc1. The lowest BCUT2D eigenvalue weighted by atomic mass is 10.1. The van der Waals surface area contributed by atoms with Crippen molar-refractivity contribution in [3.05, 3.63) is 93.4 Å². The highest BCUT2D eigenvalue weighted by atomic mass is 79.9. The molecule has 0 spiro atoms. The Morgan fingerprint density at radius 3 is 1.97 bits per heavy atom. The number of halogens is 2. The molecule has 0 aromatic heterocycles. The van der Waals surface area contributed by atoms with Gasteiger partial charge in [-0.1, -0.05) is 62.2 Å². The molecule has 1 N–H and O–H groups in total. The topological polar surface area (TPSA) is 86.8 Å². The van der Waals surface area contributed by atoms with E-state index in [9.17, 15) is 18.0 Å². The monoisotopic (exact) mass is 621 g/mol. The lowest BCUT2D eigenvalue weighted by Gasteiger charge is -2.31. The van der Waals surface area contributed by atoms with Gasteiger partial charge in [-0.3, -0.25) is 13.9 Å². The molecule has 1 atom stereocenters. The minimum Gasteiger partial charge on any atom is -0.357 e. The van der Waals surface area contributed by atoms with E-state index in [4.69, 9.17) is 0 Å². The first-order valence-electron chi connectivity index (χ1n) is 10.7. The predicted octanol–water partition coefficient (Wildman–Crippen LogP) is 4.57. The third-order valence-electron chi connectivity index (χ3n) is 5.40. The van der Waals surface area contributed by atoms with Crippen LogP contribution in [0.15, 0.2) is 92.7 Å². The second kappa shape index (κ2) is 11.8. The minimum absolute atomic E-state index is 0.0644. The zero-order chi connectivity index (χ0) is 25.6. The van der Waals surface area contributed by atoms with E-state index in [2.05, 4.69) is 37.2 Å². The van der Waals surface area contributed by atoms with E-state index in [1.165, 1.54) is 24.1 Å². The predicted molar refractivity (Wildman–Crippen MR) is 143 cm³/mol. The summed E-state index contributed by atoms with van der Waals surface area (Å²) < 4.78 is 29.9. The summed E-state index contributed by atoms with van der Waals surface area (Å²) >= 11 is 6.75. The Bertz CT molecular complexity index is 1270. The number of likely N-dealkylation sites (N-methyl/N-ethyl adjacent to an activating group) is 1. The highest BCUT2D eigenvalue weighted by molar-refractivity contribution is 9.10. The van der Waals surface area contributed by atoms with Gasteiger partial charge in [-0.15, -0.1) is 0 Å². The maximum absolute atomic E-state index is 13.6. The van der Waals surface area contributed by atoms with Crippen LogP contribution >= 0.6 is 31.9 Å². The number of carbonyl (C=O) groups excluding carboxylic acids is 2. The van der Waals surface area contributed by atoms with E-state index in [-0.39, 0.29) is 17.3 Å². The Labute approximate surface area is 222 Å². The van der Waals surface area contributed by atoms with Gasteiger partial charge in [-0.05, 0) is 61.0 Å². The van der Waals surface area contributed by atoms with Crippen LogP contribution in [0.1, 0.15) is 12.5 Å². The molecule has 0 radical (unpaired) electrons. The maximum atomic E-state index is 13.6. The van der Waals surface area contributed by atoms with Crippen LogP contribution in [-0.4, -0.2) is 44.8 Å². The molecule has 0 unspecified atom stereocenters. The summed E-state index contributed by atoms with van der Waals surface area (Å²) in [5, 5.41) is 2.56. The van der Waals surface area contributed by atoms with Crippen LogP contribution in [0.2, 0.25) is 0 Å². The Hall–Kier alpha value is -2.69. The lowest BCUT2D eigenvalue weighted by Crippen LogP contribution is -2.50. The molecule has 0 saturated carbocycles. The Balaban J connectivity index is 2.00. The number of hydrogen-bond acceptors (Lipinski definition) is 4. The quantitative estimate of drug-likeness (QED) is 0.379. The smallest absolute Gasteiger partial charge is 0.264 e. The van der Waals surface area contributed by atoms with Gasteiger partial charge >= 0.3 is 0 Å². The van der Waals surface area contributed by atoms with E-state index in [1.807, 2.05) is 24.3 Å². The Morgan fingerprint density at radius 1 is 0.886 bits per heavy atom. The van der Waals surface area contributed by atoms with Gasteiger partial charge in [0.2, 0.25) is 11.8 Å². The third-order valence-corrected chi connectivity index (χ3v) is 8.25. The first kappa shape index (κ1) is 26.9.